The molecule has 0 saturated carbocycles. The molecule has 0 atom stereocenters. The molecule has 1 aliphatic rings. The zero-order chi connectivity index (χ0) is 10.4. The lowest BCUT2D eigenvalue weighted by Gasteiger charge is -1.88. The largest absolute Gasteiger partial charge is 0.364 e. The Hall–Kier alpha value is -2.10. The summed E-state index contributed by atoms with van der Waals surface area (Å²) in [7, 11) is 0. The van der Waals surface area contributed by atoms with Crippen LogP contribution in [0.1, 0.15) is 10.5 Å². The van der Waals surface area contributed by atoms with E-state index in [0.717, 1.165) is 21.5 Å². The van der Waals surface area contributed by atoms with Gasteiger partial charge < -0.3 is 10.7 Å². The van der Waals surface area contributed by atoms with Crippen molar-refractivity contribution >= 4 is 22.9 Å². The molecule has 0 bridgehead atoms. The number of hydrogen-bond donors (Lipinski definition) is 2. The van der Waals surface area contributed by atoms with Gasteiger partial charge in [0.15, 0.2) is 0 Å². The van der Waals surface area contributed by atoms with Gasteiger partial charge in [-0.05, 0) is 18.2 Å². The van der Waals surface area contributed by atoms with E-state index >= 15 is 0 Å². The van der Waals surface area contributed by atoms with Gasteiger partial charge in [0.1, 0.15) is 5.69 Å². The molecule has 1 aliphatic heterocycles. The molecule has 0 radical (unpaired) electrons. The first-order valence-electron chi connectivity index (χ1n) is 4.72. The normalized spacial score (nSPS) is 13.3. The molecule has 0 saturated heterocycles. The molecule has 1 aromatic heterocycles. The maximum atomic E-state index is 11.0. The number of nitrogens with two attached hydrogens (primary N) is 1. The number of hydrogen-bond acceptors (Lipinski definition) is 2. The first-order chi connectivity index (χ1) is 7.25. The third-order valence-electron chi connectivity index (χ3n) is 2.64. The number of aromatic nitrogens is 1. The van der Waals surface area contributed by atoms with Gasteiger partial charge in [0, 0.05) is 16.1 Å². The van der Waals surface area contributed by atoms with Gasteiger partial charge in [-0.1, -0.05) is 6.08 Å². The summed E-state index contributed by atoms with van der Waals surface area (Å²) in [6, 6.07) is 5.65. The fourth-order valence-electron chi connectivity index (χ4n) is 1.94. The minimum absolute atomic E-state index is 0.435. The molecule has 1 amide bonds. The average Bonchev–Trinajstić information content (AvgIpc) is 2.82. The number of rotatable bonds is 1. The zero-order valence-electron chi connectivity index (χ0n) is 7.95. The Kier molecular flexibility index (Phi) is 1.48. The lowest BCUT2D eigenvalue weighted by molar-refractivity contribution is 0.0996. The summed E-state index contributed by atoms with van der Waals surface area (Å²) in [6.07, 6.45) is 2.05. The van der Waals surface area contributed by atoms with E-state index in [2.05, 4.69) is 16.1 Å². The number of primary amides is 1. The van der Waals surface area contributed by atoms with E-state index < -0.39 is 5.91 Å². The first kappa shape index (κ1) is 8.23. The lowest BCUT2D eigenvalue weighted by atomic mass is 10.2. The van der Waals surface area contributed by atoms with Crippen molar-refractivity contribution in [2.45, 2.75) is 0 Å². The van der Waals surface area contributed by atoms with Crippen molar-refractivity contribution in [1.29, 1.82) is 0 Å². The predicted molar refractivity (Wildman–Crippen MR) is 56.9 cm³/mol. The molecular weight excluding hydrogens is 190 g/mol. The third kappa shape index (κ3) is 1.08. The number of nitrogens with zero attached hydrogens (tertiary/aromatic N) is 1. The van der Waals surface area contributed by atoms with Gasteiger partial charge >= 0.3 is 0 Å². The van der Waals surface area contributed by atoms with Crippen LogP contribution in [-0.2, 0) is 0 Å². The van der Waals surface area contributed by atoms with Crippen molar-refractivity contribution in [3.8, 4) is 0 Å². The number of carbonyl (C=O) groups excluding carboxylic acids is 1. The maximum Gasteiger partial charge on any atom is 0.265 e. The van der Waals surface area contributed by atoms with Gasteiger partial charge in [-0.25, -0.2) is 0 Å². The van der Waals surface area contributed by atoms with Crippen molar-refractivity contribution in [3.63, 3.8) is 0 Å². The molecule has 0 spiro atoms. The van der Waals surface area contributed by atoms with Crippen LogP contribution >= 0.6 is 0 Å². The Morgan fingerprint density at radius 1 is 1.47 bits per heavy atom. The predicted octanol–water partition coefficient (Wildman–Crippen LogP) is -0.320. The fraction of sp³-hybridized carbons (Fsp3) is 0.0909. The van der Waals surface area contributed by atoms with Crippen molar-refractivity contribution in [1.82, 2.24) is 4.98 Å². The van der Waals surface area contributed by atoms with Crippen molar-refractivity contribution < 1.29 is 4.79 Å². The summed E-state index contributed by atoms with van der Waals surface area (Å²) in [5.41, 5.74) is 6.59. The Morgan fingerprint density at radius 3 is 3.13 bits per heavy atom. The quantitative estimate of drug-likeness (QED) is 0.649. The van der Waals surface area contributed by atoms with Crippen molar-refractivity contribution in [2.24, 2.45) is 10.7 Å². The smallest absolute Gasteiger partial charge is 0.265 e. The van der Waals surface area contributed by atoms with E-state index in [9.17, 15) is 4.79 Å². The molecular formula is C11H9N3O. The van der Waals surface area contributed by atoms with Crippen LogP contribution in [-0.4, -0.2) is 17.4 Å². The van der Waals surface area contributed by atoms with E-state index in [1.165, 1.54) is 0 Å². The van der Waals surface area contributed by atoms with Crippen LogP contribution in [0.3, 0.4) is 0 Å². The number of nitrogens with one attached hydrogen (secondary N) is 1. The lowest BCUT2D eigenvalue weighted by Crippen LogP contribution is -2.21. The molecule has 0 fully saturated rings. The molecule has 4 nitrogen and oxygen atoms in total. The Morgan fingerprint density at radius 2 is 2.33 bits per heavy atom. The van der Waals surface area contributed by atoms with E-state index in [1.807, 2.05) is 12.1 Å². The molecule has 0 aliphatic carbocycles. The summed E-state index contributed by atoms with van der Waals surface area (Å²) in [5.74, 6) is -0.435. The second kappa shape index (κ2) is 2.70. The van der Waals surface area contributed by atoms with Gasteiger partial charge in [0.25, 0.3) is 5.91 Å². The standard InChI is InChI=1S/C11H9N3O/c12-11(15)10-5-7-6-3-4-13-8(6)1-2-9(7)14-10/h1-3,5,14H,4H2,(H2,12,15). The minimum Gasteiger partial charge on any atom is -0.364 e. The van der Waals surface area contributed by atoms with Gasteiger partial charge in [0.2, 0.25) is 0 Å². The second-order valence-electron chi connectivity index (χ2n) is 3.55. The van der Waals surface area contributed by atoms with Crippen LogP contribution in [0.5, 0.6) is 0 Å². The minimum atomic E-state index is -0.435. The molecule has 4 heteroatoms. The number of benzene rings is 1. The van der Waals surface area contributed by atoms with Crippen LogP contribution in [0.15, 0.2) is 23.2 Å². The topological polar surface area (TPSA) is 71.2 Å². The van der Waals surface area contributed by atoms with Gasteiger partial charge in [-0.15, -0.1) is 0 Å². The number of carbonyl (C=O) groups is 1. The third-order valence-corrected chi connectivity index (χ3v) is 2.64. The molecule has 2 heterocycles. The highest BCUT2D eigenvalue weighted by atomic mass is 16.1. The molecule has 0 unspecified atom stereocenters. The van der Waals surface area contributed by atoms with Crippen molar-refractivity contribution in [2.75, 3.05) is 6.54 Å². The van der Waals surface area contributed by atoms with E-state index in [1.54, 1.807) is 6.07 Å². The molecule has 3 N–H and O–H groups in total. The number of aromatic amines is 1. The van der Waals surface area contributed by atoms with Gasteiger partial charge in [-0.2, -0.15) is 0 Å². The number of amides is 1. The monoisotopic (exact) mass is 199 g/mol. The van der Waals surface area contributed by atoms with Crippen LogP contribution in [0, 0.1) is 0 Å². The average molecular weight is 199 g/mol. The second-order valence-corrected chi connectivity index (χ2v) is 3.55. The number of H-pyrrole nitrogens is 1. The highest BCUT2D eigenvalue weighted by Gasteiger charge is 2.08. The first-order valence-corrected chi connectivity index (χ1v) is 4.72. The Balaban J connectivity index is 2.48. The van der Waals surface area contributed by atoms with Gasteiger partial charge in [-0.3, -0.25) is 9.79 Å². The highest BCUT2D eigenvalue weighted by molar-refractivity contribution is 5.97. The molecule has 3 rings (SSSR count). The Labute approximate surface area is 85.1 Å². The van der Waals surface area contributed by atoms with Crippen LogP contribution in [0.25, 0.3) is 17.0 Å². The summed E-state index contributed by atoms with van der Waals surface area (Å²) < 4.78 is 0. The van der Waals surface area contributed by atoms with E-state index in [-0.39, 0.29) is 0 Å². The van der Waals surface area contributed by atoms with Crippen LogP contribution < -0.4 is 16.3 Å². The van der Waals surface area contributed by atoms with E-state index in [0.29, 0.717) is 12.2 Å². The number of fused-ring (bicyclic) bond motifs is 3. The summed E-state index contributed by atoms with van der Waals surface area (Å²) in [4.78, 5) is 18.3. The maximum absolute atomic E-state index is 11.0. The van der Waals surface area contributed by atoms with Crippen LogP contribution in [0.2, 0.25) is 0 Å². The van der Waals surface area contributed by atoms with Crippen molar-refractivity contribution in [3.05, 3.63) is 34.5 Å². The highest BCUT2D eigenvalue weighted by Crippen LogP contribution is 2.09. The summed E-state index contributed by atoms with van der Waals surface area (Å²) in [5, 5.41) is 3.09. The van der Waals surface area contributed by atoms with Gasteiger partial charge in [0.05, 0.1) is 11.9 Å². The fourth-order valence-corrected chi connectivity index (χ4v) is 1.94. The van der Waals surface area contributed by atoms with E-state index in [4.69, 9.17) is 5.73 Å². The summed E-state index contributed by atoms with van der Waals surface area (Å²) >= 11 is 0. The molecule has 74 valence electrons. The van der Waals surface area contributed by atoms with Crippen LogP contribution in [0.4, 0.5) is 0 Å². The molecule has 15 heavy (non-hydrogen) atoms. The Bertz CT molecular complexity index is 682. The SMILES string of the molecule is NC(=O)c1cc2c3c(ccc2[nH]1)=NCC=3. The molecule has 2 aromatic rings. The molecule has 1 aromatic carbocycles. The summed E-state index contributed by atoms with van der Waals surface area (Å²) in [6.45, 7) is 0.714. The zero-order valence-corrected chi connectivity index (χ0v) is 7.95.